The molecule has 0 heterocycles. The van der Waals surface area contributed by atoms with Crippen LogP contribution in [-0.4, -0.2) is 94.7 Å². The van der Waals surface area contributed by atoms with Gasteiger partial charge in [-0.05, 0) is 205 Å². The van der Waals surface area contributed by atoms with Crippen LogP contribution in [-0.2, 0) is 25.8 Å². The lowest BCUT2D eigenvalue weighted by Gasteiger charge is -2.39. The molecule has 0 atom stereocenters. The fraction of sp³-hybridized carbons (Fsp3) is 0.211. The number of hydrogen-bond acceptors (Lipinski definition) is 11. The number of amides is 5. The van der Waals surface area contributed by atoms with Gasteiger partial charge in [-0.25, -0.2) is 0 Å². The molecule has 0 aliphatic rings. The molecular weight excluding hydrogens is 1500 g/mol. The first kappa shape index (κ1) is 83.4. The SMILES string of the molecule is CC(=O)Nc1cc(C(c2ccc(C)c(NC(=O)c3ccc(Oc4ccc(C(C)=O)cc4)cc3)c2)(C(F)(F)F)C(F)(F)F)ccc1O.CNc1cc(C(c2ccc(C)c(NC(=O)c3ccc(C(=O)Nc4cc(C(c5ccc(C)c(NC(C)=O)c5)(C(F)(F)F)C(F)(F)F)ccc4O)cc3)c2)(C(F)(F)F)C(F)(F)F)ccc1O. The van der Waals surface area contributed by atoms with Crippen LogP contribution in [0.4, 0.5) is 113 Å². The van der Waals surface area contributed by atoms with Gasteiger partial charge in [-0.1, -0.05) is 54.6 Å². The van der Waals surface area contributed by atoms with Gasteiger partial charge >= 0.3 is 37.1 Å². The minimum absolute atomic E-state index is 0.0191. The number of aryl methyl sites for hydroxylation is 3. The van der Waals surface area contributed by atoms with Gasteiger partial charge in [-0.15, -0.1) is 0 Å². The Kier molecular flexibility index (Phi) is 23.6. The highest BCUT2D eigenvalue weighted by Crippen LogP contribution is 2.61. The van der Waals surface area contributed by atoms with E-state index < -0.39 is 156 Å². The van der Waals surface area contributed by atoms with E-state index in [2.05, 4.69) is 21.3 Å². The van der Waals surface area contributed by atoms with Crippen molar-refractivity contribution in [3.63, 3.8) is 0 Å². The van der Waals surface area contributed by atoms with E-state index in [-0.39, 0.29) is 56.6 Å². The third kappa shape index (κ3) is 16.6. The summed E-state index contributed by atoms with van der Waals surface area (Å²) >= 11 is 0. The minimum Gasteiger partial charge on any atom is -0.506 e. The first-order valence-corrected chi connectivity index (χ1v) is 31.8. The van der Waals surface area contributed by atoms with E-state index in [0.29, 0.717) is 102 Å². The quantitative estimate of drug-likeness (QED) is 0.0222. The molecule has 0 saturated heterocycles. The third-order valence-corrected chi connectivity index (χ3v) is 17.5. The summed E-state index contributed by atoms with van der Waals surface area (Å²) in [5.41, 5.74) is -25.2. The Hall–Kier alpha value is -12.3. The second kappa shape index (κ2) is 31.1. The van der Waals surface area contributed by atoms with Crippen LogP contribution in [0.25, 0.3) is 0 Å². The van der Waals surface area contributed by atoms with Gasteiger partial charge in [0, 0.05) is 60.2 Å². The number of phenols is 3. The number of carbonyl (C=O) groups is 6. The van der Waals surface area contributed by atoms with Crippen molar-refractivity contribution in [1.29, 1.82) is 0 Å². The minimum atomic E-state index is -6.11. The highest BCUT2D eigenvalue weighted by molar-refractivity contribution is 6.08. The molecular formula is C76H60F18N6O10. The molecule has 9 rings (SSSR count). The van der Waals surface area contributed by atoms with Crippen molar-refractivity contribution in [2.24, 2.45) is 0 Å². The molecule has 9 aromatic carbocycles. The molecule has 0 aliphatic carbocycles. The Morgan fingerprint density at radius 1 is 0.291 bits per heavy atom. The Morgan fingerprint density at radius 3 is 0.782 bits per heavy atom. The van der Waals surface area contributed by atoms with Crippen LogP contribution >= 0.6 is 0 Å². The Labute approximate surface area is 612 Å². The topological polar surface area (TPSA) is 245 Å². The number of phenolic OH excluding ortho intramolecular Hbond substituents is 3. The molecule has 0 spiro atoms. The van der Waals surface area contributed by atoms with Crippen LogP contribution in [0.3, 0.4) is 0 Å². The molecule has 0 saturated carbocycles. The normalized spacial score (nSPS) is 12.4. The molecule has 9 N–H and O–H groups in total. The number of carbonyl (C=O) groups excluding carboxylic acids is 6. The average molecular weight is 1560 g/mol. The summed E-state index contributed by atoms with van der Waals surface area (Å²) < 4.78 is 273. The zero-order valence-corrected chi connectivity index (χ0v) is 57.8. The summed E-state index contributed by atoms with van der Waals surface area (Å²) in [5.74, 6) is -6.49. The maximum Gasteiger partial charge on any atom is 0.411 e. The second-order valence-electron chi connectivity index (χ2n) is 24.8. The van der Waals surface area contributed by atoms with Gasteiger partial charge in [0.2, 0.25) is 28.1 Å². The molecule has 0 radical (unpaired) electrons. The van der Waals surface area contributed by atoms with Crippen LogP contribution in [0.2, 0.25) is 0 Å². The second-order valence-corrected chi connectivity index (χ2v) is 24.8. The van der Waals surface area contributed by atoms with Gasteiger partial charge in [0.15, 0.2) is 5.78 Å². The van der Waals surface area contributed by atoms with Crippen LogP contribution in [0, 0.1) is 20.8 Å². The predicted molar refractivity (Wildman–Crippen MR) is 368 cm³/mol. The van der Waals surface area contributed by atoms with Gasteiger partial charge in [0.25, 0.3) is 17.7 Å². The van der Waals surface area contributed by atoms with Crippen molar-refractivity contribution >= 4 is 69.4 Å². The van der Waals surface area contributed by atoms with Gasteiger partial charge in [-0.3, -0.25) is 28.8 Å². The summed E-state index contributed by atoms with van der Waals surface area (Å²) in [5, 5.41) is 43.6. The van der Waals surface area contributed by atoms with E-state index in [1.165, 1.54) is 52.0 Å². The lowest BCUT2D eigenvalue weighted by atomic mass is 9.72. The molecule has 0 fully saturated rings. The maximum atomic E-state index is 14.9. The molecule has 110 heavy (non-hydrogen) atoms. The lowest BCUT2D eigenvalue weighted by Crippen LogP contribution is -2.54. The summed E-state index contributed by atoms with van der Waals surface area (Å²) in [6.07, 6.45) is -36.2. The van der Waals surface area contributed by atoms with Gasteiger partial charge in [-0.2, -0.15) is 79.0 Å². The Balaban J connectivity index is 0.000000292. The number of anilines is 6. The van der Waals surface area contributed by atoms with Crippen molar-refractivity contribution < 1.29 is 128 Å². The smallest absolute Gasteiger partial charge is 0.411 e. The Morgan fingerprint density at radius 2 is 0.509 bits per heavy atom. The maximum absolute atomic E-state index is 14.9. The van der Waals surface area contributed by atoms with Gasteiger partial charge in [0.05, 0.1) is 17.1 Å². The number of nitrogens with one attached hydrogen (secondary N) is 6. The summed E-state index contributed by atoms with van der Waals surface area (Å²) in [7, 11) is 1.16. The highest BCUT2D eigenvalue weighted by atomic mass is 19.4. The molecule has 5 amide bonds. The standard InChI is InChI=1S/C43H34F12N4O5.C33H26F6N2O5/c1-21-5-11-26(17-30(21)57-23(3)60)39(42(50,51)52,43(53,54)55)29-14-16-35(62)33(20-29)59-37(64)25-9-7-24(8-10-25)36(63)58-31-18-27(12-6-22(31)2)38(40(44,45)46,41(47,48)49)28-13-15-34(61)32(19-28)56-4;1-18-4-9-23(31(32(34,35)36,33(37,38)39)24-10-15-29(44)28(17-24)40-20(3)43)16-27(18)41-30(45)22-7-13-26(14-8-22)46-25-11-5-21(6-12-25)19(2)42/h5-20,56,61-62H,1-4H3,(H,57,60)(H,58,63)(H,59,64);4-17,44H,1-3H3,(H,40,43)(H,41,45). The molecule has 0 aromatic heterocycles. The Bertz CT molecular complexity index is 4960. The van der Waals surface area contributed by atoms with Crippen molar-refractivity contribution in [3.8, 4) is 28.7 Å². The van der Waals surface area contributed by atoms with Crippen molar-refractivity contribution in [2.75, 3.05) is 38.9 Å². The van der Waals surface area contributed by atoms with Crippen LogP contribution in [0.1, 0.15) is 112 Å². The first-order valence-electron chi connectivity index (χ1n) is 31.8. The zero-order chi connectivity index (χ0) is 82.0. The van der Waals surface area contributed by atoms with Crippen molar-refractivity contribution in [3.05, 3.63) is 254 Å². The van der Waals surface area contributed by atoms with E-state index in [4.69, 9.17) is 4.74 Å². The largest absolute Gasteiger partial charge is 0.506 e. The van der Waals surface area contributed by atoms with Gasteiger partial charge < -0.3 is 52.0 Å². The summed E-state index contributed by atoms with van der Waals surface area (Å²) in [6, 6.07) is 26.2. The first-order chi connectivity index (χ1) is 50.9. The van der Waals surface area contributed by atoms with E-state index in [9.17, 15) is 123 Å². The molecule has 16 nitrogen and oxygen atoms in total. The van der Waals surface area contributed by atoms with Gasteiger partial charge in [0.1, 0.15) is 28.7 Å². The molecule has 0 bridgehead atoms. The summed E-state index contributed by atoms with van der Waals surface area (Å²) in [4.78, 5) is 74.2. The van der Waals surface area contributed by atoms with E-state index >= 15 is 0 Å². The van der Waals surface area contributed by atoms with Crippen LogP contribution < -0.4 is 36.6 Å². The predicted octanol–water partition coefficient (Wildman–Crippen LogP) is 19.4. The third-order valence-electron chi connectivity index (χ3n) is 17.5. The van der Waals surface area contributed by atoms with E-state index in [1.54, 1.807) is 24.3 Å². The fourth-order valence-corrected chi connectivity index (χ4v) is 11.9. The number of alkyl halides is 18. The van der Waals surface area contributed by atoms with Crippen molar-refractivity contribution in [1.82, 2.24) is 0 Å². The number of halogens is 18. The molecule has 0 unspecified atom stereocenters. The highest BCUT2D eigenvalue weighted by Gasteiger charge is 2.75. The van der Waals surface area contributed by atoms with Crippen molar-refractivity contribution in [2.45, 2.75) is 94.8 Å². The zero-order valence-electron chi connectivity index (χ0n) is 57.8. The number of benzene rings is 9. The molecule has 580 valence electrons. The monoisotopic (exact) mass is 1560 g/mol. The van der Waals surface area contributed by atoms with Crippen LogP contribution in [0.5, 0.6) is 28.7 Å². The summed E-state index contributed by atoms with van der Waals surface area (Å²) in [6.45, 7) is 7.38. The number of aromatic hydroxyl groups is 3. The molecule has 9 aromatic rings. The van der Waals surface area contributed by atoms with E-state index in [1.807, 2.05) is 10.6 Å². The molecule has 34 heteroatoms. The lowest BCUT2D eigenvalue weighted by molar-refractivity contribution is -0.290. The average Bonchev–Trinajstić information content (AvgIpc) is 0.726. The number of ether oxygens (including phenoxy) is 1. The fourth-order valence-electron chi connectivity index (χ4n) is 11.9. The van der Waals surface area contributed by atoms with E-state index in [0.717, 1.165) is 63.4 Å². The van der Waals surface area contributed by atoms with Crippen LogP contribution in [0.15, 0.2) is 182 Å². The number of hydrogen-bond donors (Lipinski definition) is 9. The number of rotatable bonds is 18. The molecule has 0 aliphatic heterocycles. The number of ketones is 1. The number of Topliss-reactive ketones (excluding diaryl/α,β-unsaturated/α-hetero) is 1.